The molecule has 0 aromatic heterocycles. The highest BCUT2D eigenvalue weighted by Crippen LogP contribution is 2.26. The molecule has 0 bridgehead atoms. The van der Waals surface area contributed by atoms with Crippen molar-refractivity contribution < 1.29 is 32.6 Å². The van der Waals surface area contributed by atoms with Gasteiger partial charge in [0.15, 0.2) is 0 Å². The first-order valence-corrected chi connectivity index (χ1v) is 6.26. The number of amides is 2. The van der Waals surface area contributed by atoms with E-state index in [0.29, 0.717) is 4.90 Å². The number of rotatable bonds is 2. The SMILES string of the molecule is CN(CC1(O)CN(C(=O)OC(C)(C)C)C1)C(=O)C(F)(F)F. The molecule has 1 aliphatic heterocycles. The summed E-state index contributed by atoms with van der Waals surface area (Å²) in [6.45, 7) is 4.14. The second-order valence-electron chi connectivity index (χ2n) is 6.22. The van der Waals surface area contributed by atoms with Crippen molar-refractivity contribution in [2.45, 2.75) is 38.1 Å². The Morgan fingerprint density at radius 1 is 1.29 bits per heavy atom. The molecule has 0 spiro atoms. The maximum atomic E-state index is 12.2. The molecule has 0 aliphatic carbocycles. The van der Waals surface area contributed by atoms with Crippen molar-refractivity contribution in [1.82, 2.24) is 9.80 Å². The largest absolute Gasteiger partial charge is 0.471 e. The van der Waals surface area contributed by atoms with Crippen LogP contribution in [0.25, 0.3) is 0 Å². The first-order valence-electron chi connectivity index (χ1n) is 6.26. The monoisotopic (exact) mass is 312 g/mol. The van der Waals surface area contributed by atoms with E-state index in [4.69, 9.17) is 4.74 Å². The number of nitrogens with zero attached hydrogens (tertiary/aromatic N) is 2. The Labute approximate surface area is 120 Å². The second-order valence-corrected chi connectivity index (χ2v) is 6.22. The highest BCUT2D eigenvalue weighted by molar-refractivity contribution is 5.81. The molecule has 0 radical (unpaired) electrons. The molecule has 1 heterocycles. The molecule has 122 valence electrons. The molecule has 6 nitrogen and oxygen atoms in total. The van der Waals surface area contributed by atoms with Gasteiger partial charge < -0.3 is 19.6 Å². The van der Waals surface area contributed by atoms with E-state index in [9.17, 15) is 27.9 Å². The number of ether oxygens (including phenoxy) is 1. The number of carbonyl (C=O) groups excluding carboxylic acids is 2. The van der Waals surface area contributed by atoms with E-state index in [2.05, 4.69) is 0 Å². The van der Waals surface area contributed by atoms with Crippen LogP contribution in [-0.2, 0) is 9.53 Å². The van der Waals surface area contributed by atoms with Crippen molar-refractivity contribution in [3.63, 3.8) is 0 Å². The number of carbonyl (C=O) groups is 2. The van der Waals surface area contributed by atoms with Crippen LogP contribution in [0.15, 0.2) is 0 Å². The first-order chi connectivity index (χ1) is 9.23. The average Bonchev–Trinajstić information content (AvgIpc) is 2.20. The van der Waals surface area contributed by atoms with Gasteiger partial charge in [-0.1, -0.05) is 0 Å². The minimum Gasteiger partial charge on any atom is -0.444 e. The zero-order chi connectivity index (χ0) is 16.6. The molecular formula is C12H19F3N2O4. The van der Waals surface area contributed by atoms with Crippen LogP contribution in [0.2, 0.25) is 0 Å². The predicted octanol–water partition coefficient (Wildman–Crippen LogP) is 0.989. The van der Waals surface area contributed by atoms with E-state index in [1.165, 1.54) is 0 Å². The number of alkyl halides is 3. The Morgan fingerprint density at radius 3 is 2.14 bits per heavy atom. The Balaban J connectivity index is 2.51. The molecule has 0 atom stereocenters. The average molecular weight is 312 g/mol. The summed E-state index contributed by atoms with van der Waals surface area (Å²) in [6, 6.07) is 0. The maximum Gasteiger partial charge on any atom is 0.471 e. The molecular weight excluding hydrogens is 293 g/mol. The predicted molar refractivity (Wildman–Crippen MR) is 66.4 cm³/mol. The van der Waals surface area contributed by atoms with Gasteiger partial charge >= 0.3 is 18.2 Å². The van der Waals surface area contributed by atoms with Crippen LogP contribution in [-0.4, -0.2) is 71.0 Å². The highest BCUT2D eigenvalue weighted by atomic mass is 19.4. The fourth-order valence-corrected chi connectivity index (χ4v) is 1.95. The summed E-state index contributed by atoms with van der Waals surface area (Å²) in [7, 11) is 0.948. The molecule has 0 unspecified atom stereocenters. The van der Waals surface area contributed by atoms with E-state index in [-0.39, 0.29) is 13.1 Å². The summed E-state index contributed by atoms with van der Waals surface area (Å²) in [5.74, 6) is -2.04. The van der Waals surface area contributed by atoms with Gasteiger partial charge in [-0.15, -0.1) is 0 Å². The number of likely N-dealkylation sites (N-methyl/N-ethyl adjacent to an activating group) is 1. The zero-order valence-electron chi connectivity index (χ0n) is 12.3. The smallest absolute Gasteiger partial charge is 0.444 e. The van der Waals surface area contributed by atoms with Crippen molar-refractivity contribution in [3.05, 3.63) is 0 Å². The van der Waals surface area contributed by atoms with Crippen LogP contribution in [0.4, 0.5) is 18.0 Å². The molecule has 2 amide bonds. The number of hydrogen-bond acceptors (Lipinski definition) is 4. The number of hydrogen-bond donors (Lipinski definition) is 1. The van der Waals surface area contributed by atoms with E-state index in [1.54, 1.807) is 20.8 Å². The van der Waals surface area contributed by atoms with Crippen LogP contribution in [0, 0.1) is 0 Å². The van der Waals surface area contributed by atoms with E-state index in [1.807, 2.05) is 0 Å². The summed E-state index contributed by atoms with van der Waals surface area (Å²) < 4.78 is 41.7. The van der Waals surface area contributed by atoms with Crippen LogP contribution in [0.3, 0.4) is 0 Å². The Kier molecular flexibility index (Phi) is 4.48. The minimum absolute atomic E-state index is 0.183. The van der Waals surface area contributed by atoms with Crippen LogP contribution in [0.5, 0.6) is 0 Å². The summed E-state index contributed by atoms with van der Waals surface area (Å²) in [5, 5.41) is 10.0. The van der Waals surface area contributed by atoms with Gasteiger partial charge in [0.05, 0.1) is 19.6 Å². The number of β-amino-alcohol motifs (C(OH)–C–C–N with tert-alkyl or cyclic N) is 1. The third kappa shape index (κ3) is 4.76. The molecule has 1 N–H and O–H groups in total. The Bertz CT molecular complexity index is 425. The van der Waals surface area contributed by atoms with Crippen LogP contribution >= 0.6 is 0 Å². The second kappa shape index (κ2) is 5.36. The molecule has 9 heteroatoms. The summed E-state index contributed by atoms with van der Waals surface area (Å²) in [4.78, 5) is 24.2. The minimum atomic E-state index is -4.99. The quantitative estimate of drug-likeness (QED) is 0.825. The molecule has 1 fully saturated rings. The van der Waals surface area contributed by atoms with Gasteiger partial charge in [0, 0.05) is 7.05 Å². The number of likely N-dealkylation sites (tertiary alicyclic amines) is 1. The van der Waals surface area contributed by atoms with Gasteiger partial charge in [0.1, 0.15) is 11.2 Å². The van der Waals surface area contributed by atoms with Crippen LogP contribution < -0.4 is 0 Å². The lowest BCUT2D eigenvalue weighted by molar-refractivity contribution is -0.189. The molecule has 0 aromatic rings. The van der Waals surface area contributed by atoms with Gasteiger partial charge in [0.25, 0.3) is 0 Å². The summed E-state index contributed by atoms with van der Waals surface area (Å²) >= 11 is 0. The zero-order valence-corrected chi connectivity index (χ0v) is 12.3. The van der Waals surface area contributed by atoms with Gasteiger partial charge in [-0.2, -0.15) is 13.2 Å². The highest BCUT2D eigenvalue weighted by Gasteiger charge is 2.49. The molecule has 0 aromatic carbocycles. The standard InChI is InChI=1S/C12H19F3N2O4/c1-10(2,3)21-9(19)17-6-11(20,7-17)5-16(4)8(18)12(13,14)15/h20H,5-7H2,1-4H3. The van der Waals surface area contributed by atoms with Crippen molar-refractivity contribution in [2.24, 2.45) is 0 Å². The van der Waals surface area contributed by atoms with Crippen molar-refractivity contribution in [3.8, 4) is 0 Å². The lowest BCUT2D eigenvalue weighted by Gasteiger charge is -2.47. The van der Waals surface area contributed by atoms with Gasteiger partial charge in [-0.05, 0) is 20.8 Å². The normalized spacial score (nSPS) is 18.0. The molecule has 1 saturated heterocycles. The summed E-state index contributed by atoms with van der Waals surface area (Å²) in [6.07, 6.45) is -5.64. The number of aliphatic hydroxyl groups is 1. The molecule has 0 saturated carbocycles. The van der Waals surface area contributed by atoms with Gasteiger partial charge in [-0.25, -0.2) is 4.79 Å². The fourth-order valence-electron chi connectivity index (χ4n) is 1.95. The van der Waals surface area contributed by atoms with E-state index < -0.39 is 35.9 Å². The number of halogens is 3. The van der Waals surface area contributed by atoms with E-state index in [0.717, 1.165) is 11.9 Å². The third-order valence-electron chi connectivity index (χ3n) is 2.74. The maximum absolute atomic E-state index is 12.2. The van der Waals surface area contributed by atoms with Crippen molar-refractivity contribution >= 4 is 12.0 Å². The van der Waals surface area contributed by atoms with Crippen LogP contribution in [0.1, 0.15) is 20.8 Å². The van der Waals surface area contributed by atoms with Gasteiger partial charge in [-0.3, -0.25) is 4.79 Å². The Morgan fingerprint density at radius 2 is 1.76 bits per heavy atom. The molecule has 1 rings (SSSR count). The Hall–Kier alpha value is -1.51. The molecule has 21 heavy (non-hydrogen) atoms. The van der Waals surface area contributed by atoms with Gasteiger partial charge in [0.2, 0.25) is 0 Å². The summed E-state index contributed by atoms with van der Waals surface area (Å²) in [5.41, 5.74) is -2.25. The third-order valence-corrected chi connectivity index (χ3v) is 2.74. The molecule has 1 aliphatic rings. The lowest BCUT2D eigenvalue weighted by Crippen LogP contribution is -2.68. The van der Waals surface area contributed by atoms with Crippen molar-refractivity contribution in [2.75, 3.05) is 26.7 Å². The van der Waals surface area contributed by atoms with E-state index >= 15 is 0 Å². The van der Waals surface area contributed by atoms with Crippen molar-refractivity contribution in [1.29, 1.82) is 0 Å². The first kappa shape index (κ1) is 17.5. The fraction of sp³-hybridized carbons (Fsp3) is 0.833. The topological polar surface area (TPSA) is 70.1 Å². The lowest BCUT2D eigenvalue weighted by atomic mass is 9.94.